The molecule has 18 aromatic rings. The van der Waals surface area contributed by atoms with Gasteiger partial charge in [-0.15, -0.1) is 11.3 Å². The van der Waals surface area contributed by atoms with Gasteiger partial charge in [-0.25, -0.2) is 0 Å². The van der Waals surface area contributed by atoms with E-state index in [1.165, 1.54) is 131 Å². The Bertz CT molecular complexity index is 5990. The summed E-state index contributed by atoms with van der Waals surface area (Å²) in [6.07, 6.45) is 0. The fraction of sp³-hybridized carbons (Fsp3) is 0.0204. The summed E-state index contributed by atoms with van der Waals surface area (Å²) >= 11 is 1.93. The van der Waals surface area contributed by atoms with Gasteiger partial charge in [0, 0.05) is 76.2 Å². The predicted molar refractivity (Wildman–Crippen MR) is 426 cm³/mol. The fourth-order valence-corrected chi connectivity index (χ4v) is 19.2. The lowest BCUT2D eigenvalue weighted by atomic mass is 9.70. The van der Waals surface area contributed by atoms with Crippen molar-refractivity contribution in [1.29, 1.82) is 0 Å². The van der Waals surface area contributed by atoms with E-state index in [-0.39, 0.29) is 0 Å². The smallest absolute Gasteiger partial charge is 0.143 e. The van der Waals surface area contributed by atoms with Crippen molar-refractivity contribution in [2.45, 2.75) is 10.8 Å². The van der Waals surface area contributed by atoms with Crippen LogP contribution in [0, 0.1) is 0 Å². The molecule has 2 spiro atoms. The standard InChI is InChI=1S/C49H31NO.C49H31NS/c2*1-3-13-32(14-4-1)33-23-25-35(26-24-33)50(34-15-5-2-6-16-34)36-27-28-38-37-17-7-10-20-42(37)49(45(38)31-36)43-21-11-8-19-41(43)47-44(49)30-29-40-39-18-9-12-22-46(39)51-48(40)47/h2*1-31H. The number of hydrogen-bond acceptors (Lipinski definition) is 4. The van der Waals surface area contributed by atoms with Crippen LogP contribution in [0.2, 0.25) is 0 Å². The zero-order chi connectivity index (χ0) is 67.0. The molecule has 16 aromatic carbocycles. The minimum absolute atomic E-state index is 0.433. The van der Waals surface area contributed by atoms with E-state index in [4.69, 9.17) is 4.42 Å². The third kappa shape index (κ3) is 8.42. The molecule has 476 valence electrons. The fourth-order valence-electron chi connectivity index (χ4n) is 18.0. The molecule has 4 aliphatic carbocycles. The van der Waals surface area contributed by atoms with Gasteiger partial charge in [-0.3, -0.25) is 0 Å². The Morgan fingerprint density at radius 1 is 0.225 bits per heavy atom. The number of benzene rings is 16. The van der Waals surface area contributed by atoms with Crippen LogP contribution in [0.4, 0.5) is 34.1 Å². The Morgan fingerprint density at radius 2 is 0.588 bits per heavy atom. The third-order valence-electron chi connectivity index (χ3n) is 22.2. The summed E-state index contributed by atoms with van der Waals surface area (Å²) in [6, 6.07) is 138. The van der Waals surface area contributed by atoms with E-state index in [0.29, 0.717) is 0 Å². The van der Waals surface area contributed by atoms with Crippen LogP contribution >= 0.6 is 11.3 Å². The second-order valence-corrected chi connectivity index (χ2v) is 28.3. The van der Waals surface area contributed by atoms with E-state index in [1.54, 1.807) is 0 Å². The molecule has 0 saturated heterocycles. The lowest BCUT2D eigenvalue weighted by Crippen LogP contribution is -2.26. The predicted octanol–water partition coefficient (Wildman–Crippen LogP) is 26.6. The van der Waals surface area contributed by atoms with Gasteiger partial charge >= 0.3 is 0 Å². The molecule has 0 radical (unpaired) electrons. The first kappa shape index (κ1) is 58.1. The van der Waals surface area contributed by atoms with Crippen LogP contribution in [0.1, 0.15) is 44.5 Å². The van der Waals surface area contributed by atoms with Gasteiger partial charge in [-0.1, -0.05) is 291 Å². The summed E-state index contributed by atoms with van der Waals surface area (Å²) in [5.74, 6) is 0. The van der Waals surface area contributed by atoms with Crippen molar-refractivity contribution in [2.24, 2.45) is 0 Å². The van der Waals surface area contributed by atoms with Crippen LogP contribution in [0.5, 0.6) is 0 Å². The van der Waals surface area contributed by atoms with Crippen LogP contribution in [0.25, 0.3) is 109 Å². The van der Waals surface area contributed by atoms with Crippen molar-refractivity contribution in [1.82, 2.24) is 0 Å². The SMILES string of the molecule is c1ccc(-c2ccc(N(c3ccccc3)c3ccc4c(c3)C3(c5ccccc5-4)c4ccccc4-c4c3ccc3c4oc4ccccc43)cc2)cc1.c1ccc(-c2ccc(N(c3ccccc3)c3ccc4c(c3)C3(c5ccccc5-4)c4ccccc4-c4c3ccc3c4sc4ccccc43)cc2)cc1. The van der Waals surface area contributed by atoms with Crippen LogP contribution in [0.3, 0.4) is 0 Å². The van der Waals surface area contributed by atoms with Gasteiger partial charge in [0.15, 0.2) is 0 Å². The van der Waals surface area contributed by atoms with Crippen LogP contribution < -0.4 is 9.80 Å². The summed E-state index contributed by atoms with van der Waals surface area (Å²) in [5.41, 5.74) is 33.5. The maximum atomic E-state index is 6.74. The highest BCUT2D eigenvalue weighted by atomic mass is 32.1. The van der Waals surface area contributed by atoms with Crippen LogP contribution in [0.15, 0.2) is 381 Å². The molecule has 0 saturated carbocycles. The molecule has 2 heterocycles. The molecule has 4 aliphatic rings. The van der Waals surface area contributed by atoms with Crippen molar-refractivity contribution in [2.75, 3.05) is 9.80 Å². The van der Waals surface area contributed by atoms with E-state index in [0.717, 1.165) is 56.1 Å². The highest BCUT2D eigenvalue weighted by molar-refractivity contribution is 7.26. The molecule has 22 rings (SSSR count). The van der Waals surface area contributed by atoms with Crippen molar-refractivity contribution in [3.05, 3.63) is 421 Å². The molecule has 2 unspecified atom stereocenters. The van der Waals surface area contributed by atoms with Gasteiger partial charge in [0.1, 0.15) is 11.2 Å². The largest absolute Gasteiger partial charge is 0.455 e. The second-order valence-electron chi connectivity index (χ2n) is 27.2. The van der Waals surface area contributed by atoms with E-state index in [1.807, 2.05) is 11.3 Å². The Morgan fingerprint density at radius 3 is 1.11 bits per heavy atom. The molecular formula is C98H62N2OS. The summed E-state index contributed by atoms with van der Waals surface area (Å²) in [4.78, 5) is 4.79. The zero-order valence-corrected chi connectivity index (χ0v) is 56.3. The molecular weight excluding hydrogens is 1250 g/mol. The van der Waals surface area contributed by atoms with Crippen molar-refractivity contribution in [3.8, 4) is 66.8 Å². The minimum atomic E-state index is -0.499. The molecule has 0 bridgehead atoms. The van der Waals surface area contributed by atoms with Crippen molar-refractivity contribution in [3.63, 3.8) is 0 Å². The van der Waals surface area contributed by atoms with Gasteiger partial charge in [-0.2, -0.15) is 0 Å². The van der Waals surface area contributed by atoms with Gasteiger partial charge < -0.3 is 14.2 Å². The summed E-state index contributed by atoms with van der Waals surface area (Å²) in [5, 5.41) is 4.99. The molecule has 3 nitrogen and oxygen atoms in total. The first-order chi connectivity index (χ1) is 50.6. The van der Waals surface area contributed by atoms with Crippen molar-refractivity contribution < 1.29 is 4.42 Å². The molecule has 0 fully saturated rings. The molecule has 102 heavy (non-hydrogen) atoms. The number of fused-ring (bicyclic) bond motifs is 28. The van der Waals surface area contributed by atoms with Gasteiger partial charge in [0.25, 0.3) is 0 Å². The van der Waals surface area contributed by atoms with Crippen LogP contribution in [-0.2, 0) is 10.8 Å². The maximum absolute atomic E-state index is 6.74. The Kier molecular flexibility index (Phi) is 13.0. The van der Waals surface area contributed by atoms with Crippen LogP contribution in [-0.4, -0.2) is 0 Å². The molecule has 0 N–H and O–H groups in total. The summed E-state index contributed by atoms with van der Waals surface area (Å²) < 4.78 is 9.46. The number of nitrogens with zero attached hydrogens (tertiary/aromatic N) is 2. The second kappa shape index (κ2) is 22.9. The highest BCUT2D eigenvalue weighted by Gasteiger charge is 2.54. The van der Waals surface area contributed by atoms with Gasteiger partial charge in [0.2, 0.25) is 0 Å². The van der Waals surface area contributed by atoms with E-state index < -0.39 is 10.8 Å². The van der Waals surface area contributed by atoms with E-state index >= 15 is 0 Å². The number of anilines is 6. The van der Waals surface area contributed by atoms with Gasteiger partial charge in [0.05, 0.1) is 10.8 Å². The average molecular weight is 1320 g/mol. The molecule has 2 atom stereocenters. The maximum Gasteiger partial charge on any atom is 0.143 e. The zero-order valence-electron chi connectivity index (χ0n) is 55.5. The number of para-hydroxylation sites is 3. The minimum Gasteiger partial charge on any atom is -0.455 e. The Hall–Kier alpha value is -12.9. The third-order valence-corrected chi connectivity index (χ3v) is 23.4. The topological polar surface area (TPSA) is 19.6 Å². The number of thiophene rings is 1. The number of furan rings is 1. The highest BCUT2D eigenvalue weighted by Crippen LogP contribution is 2.67. The molecule has 2 aromatic heterocycles. The quantitative estimate of drug-likeness (QED) is 0.151. The molecule has 0 amide bonds. The number of rotatable bonds is 8. The monoisotopic (exact) mass is 1310 g/mol. The summed E-state index contributed by atoms with van der Waals surface area (Å²) in [7, 11) is 0. The Labute approximate surface area is 596 Å². The Balaban J connectivity index is 0.000000133. The van der Waals surface area contributed by atoms with Gasteiger partial charge in [-0.05, 0) is 185 Å². The normalized spacial score (nSPS) is 15.1. The first-order valence-corrected chi connectivity index (χ1v) is 36.0. The summed E-state index contributed by atoms with van der Waals surface area (Å²) in [6.45, 7) is 0. The van der Waals surface area contributed by atoms with E-state index in [2.05, 4.69) is 386 Å². The first-order valence-electron chi connectivity index (χ1n) is 35.2. The lowest BCUT2D eigenvalue weighted by molar-refractivity contribution is 0.669. The molecule has 4 heteroatoms. The molecule has 0 aliphatic heterocycles. The average Bonchev–Trinajstić information content (AvgIpc) is 1.51. The number of hydrogen-bond donors (Lipinski definition) is 0. The van der Waals surface area contributed by atoms with Crippen molar-refractivity contribution >= 4 is 87.6 Å². The lowest BCUT2D eigenvalue weighted by Gasteiger charge is -2.32. The van der Waals surface area contributed by atoms with E-state index in [9.17, 15) is 0 Å².